The number of hydrogen-bond acceptors (Lipinski definition) is 5. The molecule has 144 valence electrons. The van der Waals surface area contributed by atoms with Crippen molar-refractivity contribution in [1.82, 2.24) is 25.0 Å². The van der Waals surface area contributed by atoms with Crippen LogP contribution in [0.5, 0.6) is 0 Å². The topological polar surface area (TPSA) is 67.6 Å². The third-order valence-corrected chi connectivity index (χ3v) is 5.35. The molecule has 0 saturated carbocycles. The molecular weight excluding hydrogens is 463 g/mol. The second kappa shape index (κ2) is 10.2. The molecule has 7 nitrogen and oxygen atoms in total. The largest absolute Gasteiger partial charge is 0.381 e. The highest BCUT2D eigenvalue weighted by Crippen LogP contribution is 2.14. The minimum atomic E-state index is 0. The Morgan fingerprint density at radius 2 is 2.35 bits per heavy atom. The number of aryl methyl sites for hydroxylation is 1. The number of guanidine groups is 1. The minimum absolute atomic E-state index is 0. The highest BCUT2D eigenvalue weighted by atomic mass is 127. The molecule has 26 heavy (non-hydrogen) atoms. The molecule has 0 radical (unpaired) electrons. The molecule has 0 aliphatic carbocycles. The van der Waals surface area contributed by atoms with Crippen molar-refractivity contribution in [2.75, 3.05) is 26.8 Å². The summed E-state index contributed by atoms with van der Waals surface area (Å²) in [4.78, 5) is 8.26. The maximum atomic E-state index is 5.50. The fourth-order valence-electron chi connectivity index (χ4n) is 2.83. The predicted octanol–water partition coefficient (Wildman–Crippen LogP) is 2.42. The predicted molar refractivity (Wildman–Crippen MR) is 115 cm³/mol. The molecule has 0 bridgehead atoms. The summed E-state index contributed by atoms with van der Waals surface area (Å²) in [5, 5.41) is 13.9. The van der Waals surface area contributed by atoms with E-state index in [1.165, 1.54) is 4.88 Å². The summed E-state index contributed by atoms with van der Waals surface area (Å²) in [6.45, 7) is 5.88. The van der Waals surface area contributed by atoms with E-state index in [9.17, 15) is 0 Å². The maximum absolute atomic E-state index is 5.50. The van der Waals surface area contributed by atoms with Gasteiger partial charge in [-0.3, -0.25) is 0 Å². The number of thiophene rings is 1. The SMILES string of the molecule is Cc1nnc(CN=C(NCc2cccs2)N(C)CC2CCOC2)n1C.I. The smallest absolute Gasteiger partial charge is 0.194 e. The lowest BCUT2D eigenvalue weighted by Gasteiger charge is -2.24. The zero-order valence-electron chi connectivity index (χ0n) is 15.5. The number of ether oxygens (including phenoxy) is 1. The molecular formula is C17H27IN6OS. The molecule has 1 atom stereocenters. The van der Waals surface area contributed by atoms with Crippen molar-refractivity contribution in [3.05, 3.63) is 34.0 Å². The maximum Gasteiger partial charge on any atom is 0.194 e. The molecule has 3 rings (SSSR count). The van der Waals surface area contributed by atoms with Crippen molar-refractivity contribution in [3.63, 3.8) is 0 Å². The highest BCUT2D eigenvalue weighted by Gasteiger charge is 2.19. The summed E-state index contributed by atoms with van der Waals surface area (Å²) in [5.41, 5.74) is 0. The van der Waals surface area contributed by atoms with E-state index in [0.717, 1.165) is 50.3 Å². The van der Waals surface area contributed by atoms with Gasteiger partial charge in [0, 0.05) is 38.0 Å². The lowest BCUT2D eigenvalue weighted by molar-refractivity contribution is 0.181. The lowest BCUT2D eigenvalue weighted by atomic mass is 10.1. The molecule has 1 fully saturated rings. The van der Waals surface area contributed by atoms with Gasteiger partial charge in [0.2, 0.25) is 0 Å². The monoisotopic (exact) mass is 490 g/mol. The minimum Gasteiger partial charge on any atom is -0.381 e. The number of nitrogens with one attached hydrogen (secondary N) is 1. The molecule has 2 aromatic rings. The Balaban J connectivity index is 0.00000243. The number of halogens is 1. The standard InChI is InChI=1S/C17H26N6OS.HI/c1-13-20-21-16(23(13)3)10-19-17(18-9-15-5-4-8-25-15)22(2)11-14-6-7-24-12-14;/h4-5,8,14H,6-7,9-12H2,1-3H3,(H,18,19);1H. The zero-order chi connectivity index (χ0) is 17.6. The summed E-state index contributed by atoms with van der Waals surface area (Å²) in [7, 11) is 4.05. The summed E-state index contributed by atoms with van der Waals surface area (Å²) in [5.74, 6) is 3.22. The van der Waals surface area contributed by atoms with E-state index in [2.05, 4.69) is 45.0 Å². The van der Waals surface area contributed by atoms with Gasteiger partial charge in [-0.2, -0.15) is 0 Å². The summed E-state index contributed by atoms with van der Waals surface area (Å²) in [6.07, 6.45) is 1.12. The summed E-state index contributed by atoms with van der Waals surface area (Å²) < 4.78 is 7.47. The van der Waals surface area contributed by atoms with Crippen molar-refractivity contribution in [1.29, 1.82) is 0 Å². The Morgan fingerprint density at radius 3 is 2.96 bits per heavy atom. The highest BCUT2D eigenvalue weighted by molar-refractivity contribution is 14.0. The second-order valence-corrected chi connectivity index (χ2v) is 7.44. The normalized spacial score (nSPS) is 17.2. The van der Waals surface area contributed by atoms with Gasteiger partial charge in [-0.05, 0) is 24.8 Å². The fourth-order valence-corrected chi connectivity index (χ4v) is 3.47. The lowest BCUT2D eigenvalue weighted by Crippen LogP contribution is -2.41. The average molecular weight is 490 g/mol. The van der Waals surface area contributed by atoms with Crippen LogP contribution in [0, 0.1) is 12.8 Å². The molecule has 2 aromatic heterocycles. The van der Waals surface area contributed by atoms with E-state index in [4.69, 9.17) is 9.73 Å². The van der Waals surface area contributed by atoms with Crippen molar-refractivity contribution in [2.45, 2.75) is 26.4 Å². The Bertz CT molecular complexity index is 696. The number of aromatic nitrogens is 3. The van der Waals surface area contributed by atoms with Crippen LogP contribution < -0.4 is 5.32 Å². The Labute approximate surface area is 175 Å². The van der Waals surface area contributed by atoms with E-state index < -0.39 is 0 Å². The van der Waals surface area contributed by atoms with Gasteiger partial charge in [-0.15, -0.1) is 45.5 Å². The molecule has 0 aromatic carbocycles. The molecule has 1 aliphatic rings. The Morgan fingerprint density at radius 1 is 1.50 bits per heavy atom. The van der Waals surface area contributed by atoms with Crippen LogP contribution in [-0.2, 0) is 24.9 Å². The van der Waals surface area contributed by atoms with E-state index in [0.29, 0.717) is 12.5 Å². The summed E-state index contributed by atoms with van der Waals surface area (Å²) >= 11 is 1.75. The number of rotatable bonds is 6. The van der Waals surface area contributed by atoms with Crippen LogP contribution in [0.2, 0.25) is 0 Å². The number of hydrogen-bond donors (Lipinski definition) is 1. The third-order valence-electron chi connectivity index (χ3n) is 4.47. The quantitative estimate of drug-likeness (QED) is 0.383. The van der Waals surface area contributed by atoms with E-state index in [-0.39, 0.29) is 24.0 Å². The van der Waals surface area contributed by atoms with Crippen molar-refractivity contribution in [2.24, 2.45) is 18.0 Å². The van der Waals surface area contributed by atoms with Crippen LogP contribution in [0.1, 0.15) is 22.9 Å². The van der Waals surface area contributed by atoms with E-state index in [1.54, 1.807) is 11.3 Å². The molecule has 1 unspecified atom stereocenters. The van der Waals surface area contributed by atoms with Crippen molar-refractivity contribution >= 4 is 41.3 Å². The number of nitrogens with zero attached hydrogens (tertiary/aromatic N) is 5. The van der Waals surface area contributed by atoms with E-state index in [1.807, 2.05) is 18.5 Å². The molecule has 0 spiro atoms. The van der Waals surface area contributed by atoms with Gasteiger partial charge in [-0.25, -0.2) is 4.99 Å². The van der Waals surface area contributed by atoms with Gasteiger partial charge in [-0.1, -0.05) is 6.07 Å². The van der Waals surface area contributed by atoms with Gasteiger partial charge in [0.15, 0.2) is 11.8 Å². The van der Waals surface area contributed by atoms with Crippen molar-refractivity contribution < 1.29 is 4.74 Å². The number of aliphatic imine (C=N–C) groups is 1. The van der Waals surface area contributed by atoms with Gasteiger partial charge < -0.3 is 19.5 Å². The molecule has 0 amide bonds. The van der Waals surface area contributed by atoms with Crippen LogP contribution in [0.15, 0.2) is 22.5 Å². The second-order valence-electron chi connectivity index (χ2n) is 6.41. The Hall–Kier alpha value is -1.20. The molecule has 9 heteroatoms. The third kappa shape index (κ3) is 5.65. The van der Waals surface area contributed by atoms with Gasteiger partial charge in [0.05, 0.1) is 13.2 Å². The molecule has 1 saturated heterocycles. The molecule has 3 heterocycles. The molecule has 1 N–H and O–H groups in total. The van der Waals surface area contributed by atoms with Crippen LogP contribution in [0.25, 0.3) is 0 Å². The Kier molecular flexibility index (Phi) is 8.29. The van der Waals surface area contributed by atoms with Gasteiger partial charge in [0.1, 0.15) is 12.4 Å². The first-order valence-corrected chi connectivity index (χ1v) is 9.46. The summed E-state index contributed by atoms with van der Waals surface area (Å²) in [6, 6.07) is 4.20. The van der Waals surface area contributed by atoms with E-state index >= 15 is 0 Å². The van der Waals surface area contributed by atoms with Crippen LogP contribution in [0.3, 0.4) is 0 Å². The van der Waals surface area contributed by atoms with Crippen LogP contribution in [0.4, 0.5) is 0 Å². The first kappa shape index (κ1) is 21.1. The fraction of sp³-hybridized carbons (Fsp3) is 0.588. The first-order valence-electron chi connectivity index (χ1n) is 8.58. The van der Waals surface area contributed by atoms with Crippen LogP contribution in [-0.4, -0.2) is 52.4 Å². The zero-order valence-corrected chi connectivity index (χ0v) is 18.7. The van der Waals surface area contributed by atoms with Crippen molar-refractivity contribution in [3.8, 4) is 0 Å². The van der Waals surface area contributed by atoms with Gasteiger partial charge in [0.25, 0.3) is 0 Å². The molecule has 1 aliphatic heterocycles. The first-order chi connectivity index (χ1) is 12.1. The van der Waals surface area contributed by atoms with Crippen LogP contribution >= 0.6 is 35.3 Å². The van der Waals surface area contributed by atoms with Gasteiger partial charge >= 0.3 is 0 Å². The average Bonchev–Trinajstić information content (AvgIpc) is 3.34.